The Balaban J connectivity index is 1.44. The van der Waals surface area contributed by atoms with Crippen molar-refractivity contribution in [2.24, 2.45) is 0 Å². The van der Waals surface area contributed by atoms with E-state index in [0.717, 1.165) is 4.88 Å². The summed E-state index contributed by atoms with van der Waals surface area (Å²) in [5.41, 5.74) is 0. The molecule has 1 N–H and O–H groups in total. The quantitative estimate of drug-likeness (QED) is 0.612. The predicted octanol–water partition coefficient (Wildman–Crippen LogP) is 3.08. The van der Waals surface area contributed by atoms with Gasteiger partial charge in [-0.25, -0.2) is 9.07 Å². The summed E-state index contributed by atoms with van der Waals surface area (Å²) in [5.74, 6) is 0.338. The standard InChI is InChI=1S/C19H21FN4O2S/c1-23(10-11-26-17-7-3-2-6-16(17)20)14-19(25)22-18-8-9-21-24(18)13-15-5-4-12-27-15/h2-9,12H,10-11,13-14H2,1H3,(H,22,25). The molecule has 0 aliphatic heterocycles. The lowest BCUT2D eigenvalue weighted by Crippen LogP contribution is -2.33. The molecule has 27 heavy (non-hydrogen) atoms. The van der Waals surface area contributed by atoms with Gasteiger partial charge in [0.05, 0.1) is 19.3 Å². The highest BCUT2D eigenvalue weighted by molar-refractivity contribution is 7.09. The highest BCUT2D eigenvalue weighted by Gasteiger charge is 2.11. The maximum atomic E-state index is 13.5. The van der Waals surface area contributed by atoms with Gasteiger partial charge in [-0.3, -0.25) is 9.69 Å². The molecule has 0 bridgehead atoms. The molecule has 0 radical (unpaired) electrons. The van der Waals surface area contributed by atoms with Crippen LogP contribution in [0.3, 0.4) is 0 Å². The fourth-order valence-electron chi connectivity index (χ4n) is 2.49. The lowest BCUT2D eigenvalue weighted by atomic mass is 10.3. The number of halogens is 1. The molecule has 0 saturated carbocycles. The fraction of sp³-hybridized carbons (Fsp3) is 0.263. The summed E-state index contributed by atoms with van der Waals surface area (Å²) < 4.78 is 20.7. The van der Waals surface area contributed by atoms with Crippen molar-refractivity contribution >= 4 is 23.1 Å². The zero-order valence-electron chi connectivity index (χ0n) is 15.0. The summed E-state index contributed by atoms with van der Waals surface area (Å²) >= 11 is 1.65. The van der Waals surface area contributed by atoms with E-state index in [1.165, 1.54) is 6.07 Å². The van der Waals surface area contributed by atoms with Crippen LogP contribution >= 0.6 is 11.3 Å². The summed E-state index contributed by atoms with van der Waals surface area (Å²) in [4.78, 5) is 15.2. The molecule has 142 valence electrons. The van der Waals surface area contributed by atoms with Gasteiger partial charge in [0.1, 0.15) is 12.4 Å². The van der Waals surface area contributed by atoms with Gasteiger partial charge in [0, 0.05) is 17.5 Å². The van der Waals surface area contributed by atoms with E-state index in [-0.39, 0.29) is 18.2 Å². The summed E-state index contributed by atoms with van der Waals surface area (Å²) in [6.45, 7) is 1.61. The number of ether oxygens (including phenoxy) is 1. The van der Waals surface area contributed by atoms with Crippen LogP contribution in [0.15, 0.2) is 54.0 Å². The van der Waals surface area contributed by atoms with Crippen LogP contribution in [0.2, 0.25) is 0 Å². The number of likely N-dealkylation sites (N-methyl/N-ethyl adjacent to an activating group) is 1. The Morgan fingerprint density at radius 1 is 1.30 bits per heavy atom. The van der Waals surface area contributed by atoms with E-state index in [0.29, 0.717) is 25.5 Å². The van der Waals surface area contributed by atoms with Crippen molar-refractivity contribution in [1.82, 2.24) is 14.7 Å². The van der Waals surface area contributed by atoms with E-state index >= 15 is 0 Å². The molecule has 8 heteroatoms. The molecule has 1 amide bonds. The number of amides is 1. The third kappa shape index (κ3) is 5.63. The van der Waals surface area contributed by atoms with Crippen molar-refractivity contribution in [3.8, 4) is 5.75 Å². The Morgan fingerprint density at radius 2 is 2.15 bits per heavy atom. The maximum Gasteiger partial charge on any atom is 0.239 e. The molecule has 0 aliphatic rings. The highest BCUT2D eigenvalue weighted by atomic mass is 32.1. The van der Waals surface area contributed by atoms with E-state index in [9.17, 15) is 9.18 Å². The number of anilines is 1. The third-order valence-electron chi connectivity index (χ3n) is 3.85. The zero-order chi connectivity index (χ0) is 19.1. The van der Waals surface area contributed by atoms with Crippen molar-refractivity contribution in [2.45, 2.75) is 6.54 Å². The van der Waals surface area contributed by atoms with Gasteiger partial charge >= 0.3 is 0 Å². The molecule has 6 nitrogen and oxygen atoms in total. The van der Waals surface area contributed by atoms with Crippen LogP contribution in [0.25, 0.3) is 0 Å². The summed E-state index contributed by atoms with van der Waals surface area (Å²) in [6, 6.07) is 12.0. The van der Waals surface area contributed by atoms with Gasteiger partial charge in [-0.2, -0.15) is 5.10 Å². The minimum atomic E-state index is -0.392. The first-order chi connectivity index (χ1) is 13.1. The first kappa shape index (κ1) is 19.1. The number of carbonyl (C=O) groups is 1. The normalized spacial score (nSPS) is 10.9. The molecule has 3 aromatic rings. The number of thiophene rings is 1. The fourth-order valence-corrected chi connectivity index (χ4v) is 3.18. The van der Waals surface area contributed by atoms with Gasteiger partial charge in [-0.1, -0.05) is 18.2 Å². The molecule has 0 unspecified atom stereocenters. The van der Waals surface area contributed by atoms with Gasteiger partial charge in [-0.15, -0.1) is 11.3 Å². The largest absolute Gasteiger partial charge is 0.489 e. The number of carbonyl (C=O) groups excluding carboxylic acids is 1. The molecule has 0 fully saturated rings. The molecule has 1 aromatic carbocycles. The smallest absolute Gasteiger partial charge is 0.239 e. The molecule has 0 aliphatic carbocycles. The Labute approximate surface area is 161 Å². The van der Waals surface area contributed by atoms with E-state index in [2.05, 4.69) is 10.4 Å². The molecule has 3 rings (SSSR count). The second kappa shape index (κ2) is 9.29. The third-order valence-corrected chi connectivity index (χ3v) is 4.71. The van der Waals surface area contributed by atoms with Crippen LogP contribution in [0.5, 0.6) is 5.75 Å². The van der Waals surface area contributed by atoms with Gasteiger partial charge in [0.25, 0.3) is 0 Å². The number of para-hydroxylation sites is 1. The van der Waals surface area contributed by atoms with Crippen molar-refractivity contribution in [2.75, 3.05) is 32.1 Å². The zero-order valence-corrected chi connectivity index (χ0v) is 15.8. The van der Waals surface area contributed by atoms with E-state index < -0.39 is 5.82 Å². The molecular formula is C19H21FN4O2S. The van der Waals surface area contributed by atoms with Gasteiger partial charge in [0.15, 0.2) is 11.6 Å². The van der Waals surface area contributed by atoms with Crippen LogP contribution in [0.1, 0.15) is 4.88 Å². The first-order valence-corrected chi connectivity index (χ1v) is 9.39. The van der Waals surface area contributed by atoms with Crippen LogP contribution in [-0.4, -0.2) is 47.3 Å². The number of nitrogens with one attached hydrogen (secondary N) is 1. The average molecular weight is 388 g/mol. The Morgan fingerprint density at radius 3 is 2.93 bits per heavy atom. The van der Waals surface area contributed by atoms with Crippen LogP contribution in [0, 0.1) is 5.82 Å². The summed E-state index contributed by atoms with van der Waals surface area (Å²) in [6.07, 6.45) is 1.66. The molecular weight excluding hydrogens is 367 g/mol. The second-order valence-electron chi connectivity index (χ2n) is 6.02. The number of hydrogen-bond acceptors (Lipinski definition) is 5. The molecule has 0 atom stereocenters. The van der Waals surface area contributed by atoms with Crippen LogP contribution < -0.4 is 10.1 Å². The molecule has 0 spiro atoms. The van der Waals surface area contributed by atoms with Crippen molar-refractivity contribution in [3.05, 3.63) is 64.7 Å². The first-order valence-electron chi connectivity index (χ1n) is 8.52. The van der Waals surface area contributed by atoms with Crippen LogP contribution in [-0.2, 0) is 11.3 Å². The van der Waals surface area contributed by atoms with Crippen LogP contribution in [0.4, 0.5) is 10.2 Å². The Bertz CT molecular complexity index is 866. The second-order valence-corrected chi connectivity index (χ2v) is 7.05. The molecule has 0 saturated heterocycles. The van der Waals surface area contributed by atoms with Crippen molar-refractivity contribution < 1.29 is 13.9 Å². The average Bonchev–Trinajstić information content (AvgIpc) is 3.29. The van der Waals surface area contributed by atoms with E-state index in [1.807, 2.05) is 29.5 Å². The lowest BCUT2D eigenvalue weighted by Gasteiger charge is -2.17. The summed E-state index contributed by atoms with van der Waals surface area (Å²) in [5, 5.41) is 9.14. The lowest BCUT2D eigenvalue weighted by molar-refractivity contribution is -0.117. The van der Waals surface area contributed by atoms with E-state index in [1.54, 1.807) is 46.5 Å². The minimum Gasteiger partial charge on any atom is -0.489 e. The Kier molecular flexibility index (Phi) is 6.56. The van der Waals surface area contributed by atoms with Gasteiger partial charge < -0.3 is 10.1 Å². The summed E-state index contributed by atoms with van der Waals surface area (Å²) in [7, 11) is 1.81. The monoisotopic (exact) mass is 388 g/mol. The number of aromatic nitrogens is 2. The molecule has 2 aromatic heterocycles. The minimum absolute atomic E-state index is 0.142. The molecule has 2 heterocycles. The predicted molar refractivity (Wildman–Crippen MR) is 104 cm³/mol. The number of hydrogen-bond donors (Lipinski definition) is 1. The topological polar surface area (TPSA) is 59.4 Å². The number of rotatable bonds is 9. The Hall–Kier alpha value is -2.71. The van der Waals surface area contributed by atoms with Gasteiger partial charge in [-0.05, 0) is 30.6 Å². The number of benzene rings is 1. The maximum absolute atomic E-state index is 13.5. The van der Waals surface area contributed by atoms with E-state index in [4.69, 9.17) is 4.74 Å². The van der Waals surface area contributed by atoms with Crippen molar-refractivity contribution in [1.29, 1.82) is 0 Å². The van der Waals surface area contributed by atoms with Gasteiger partial charge in [0.2, 0.25) is 5.91 Å². The highest BCUT2D eigenvalue weighted by Crippen LogP contribution is 2.15. The van der Waals surface area contributed by atoms with Crippen molar-refractivity contribution in [3.63, 3.8) is 0 Å². The SMILES string of the molecule is CN(CCOc1ccccc1F)CC(=O)Nc1ccnn1Cc1cccs1. The number of nitrogens with zero attached hydrogens (tertiary/aromatic N) is 3.